The van der Waals surface area contributed by atoms with Gasteiger partial charge in [0.25, 0.3) is 0 Å². The van der Waals surface area contributed by atoms with Gasteiger partial charge in [0, 0.05) is 10.5 Å². The summed E-state index contributed by atoms with van der Waals surface area (Å²) in [4.78, 5) is 0.922. The summed E-state index contributed by atoms with van der Waals surface area (Å²) in [5.41, 5.74) is 0.984. The molecule has 4 nitrogen and oxygen atoms in total. The zero-order valence-corrected chi connectivity index (χ0v) is 7.02. The van der Waals surface area contributed by atoms with Gasteiger partial charge in [-0.25, -0.2) is 0 Å². The summed E-state index contributed by atoms with van der Waals surface area (Å²) in [5.74, 6) is 0. The van der Waals surface area contributed by atoms with E-state index in [-0.39, 0.29) is 6.17 Å². The van der Waals surface area contributed by atoms with Gasteiger partial charge in [0.15, 0.2) is 0 Å². The minimum absolute atomic E-state index is 0.251. The number of thiol groups is 1. The molecule has 0 unspecified atom stereocenters. The van der Waals surface area contributed by atoms with E-state index in [1.165, 1.54) is 0 Å². The predicted molar refractivity (Wildman–Crippen MR) is 46.1 cm³/mol. The molecule has 1 aromatic rings. The van der Waals surface area contributed by atoms with E-state index in [1.807, 2.05) is 24.3 Å². The molecule has 1 aliphatic heterocycles. The highest BCUT2D eigenvalue weighted by Crippen LogP contribution is 2.24. The molecule has 0 saturated carbocycles. The Labute approximate surface area is 74.8 Å². The van der Waals surface area contributed by atoms with Gasteiger partial charge in [-0.3, -0.25) is 0 Å². The smallest absolute Gasteiger partial charge is 0.143 e. The van der Waals surface area contributed by atoms with Crippen molar-refractivity contribution in [2.75, 3.05) is 0 Å². The number of rotatable bonds is 1. The van der Waals surface area contributed by atoms with Crippen molar-refractivity contribution >= 4 is 12.6 Å². The molecule has 0 spiro atoms. The molecule has 60 valence electrons. The van der Waals surface area contributed by atoms with Crippen molar-refractivity contribution in [1.29, 1.82) is 0 Å². The highest BCUT2D eigenvalue weighted by molar-refractivity contribution is 7.80. The first-order valence-corrected chi connectivity index (χ1v) is 3.90. The summed E-state index contributed by atoms with van der Waals surface area (Å²) in [6.07, 6.45) is -0.251. The number of hydrogen-bond acceptors (Lipinski definition) is 5. The average molecular weight is 178 g/mol. The normalized spacial score (nSPS) is 15.8. The van der Waals surface area contributed by atoms with Gasteiger partial charge in [-0.1, -0.05) is 12.1 Å². The third-order valence-electron chi connectivity index (χ3n) is 1.55. The third-order valence-corrected chi connectivity index (χ3v) is 1.85. The molecule has 0 saturated heterocycles. The highest BCUT2D eigenvalue weighted by atomic mass is 32.1. The van der Waals surface area contributed by atoms with Gasteiger partial charge >= 0.3 is 0 Å². The molecule has 0 aliphatic carbocycles. The number of hydrogen-bond donors (Lipinski definition) is 1. The zero-order valence-electron chi connectivity index (χ0n) is 6.12. The Hall–Kier alpha value is -1.23. The molecule has 1 aliphatic rings. The summed E-state index contributed by atoms with van der Waals surface area (Å²) < 4.78 is 0. The topological polar surface area (TPSA) is 49.4 Å². The Kier molecular flexibility index (Phi) is 1.87. The van der Waals surface area contributed by atoms with Crippen LogP contribution in [0.3, 0.4) is 0 Å². The van der Waals surface area contributed by atoms with Crippen LogP contribution in [0.4, 0.5) is 0 Å². The standard InChI is InChI=1S/C7H6N4S/c12-6-3-1-5(2-4-6)7-8-10-11-9-7/h1-4,7,12H. The van der Waals surface area contributed by atoms with Crippen molar-refractivity contribution in [2.45, 2.75) is 11.1 Å². The molecule has 0 bridgehead atoms. The molecular weight excluding hydrogens is 172 g/mol. The lowest BCUT2D eigenvalue weighted by molar-refractivity contribution is 0.764. The molecule has 0 N–H and O–H groups in total. The molecule has 0 radical (unpaired) electrons. The van der Waals surface area contributed by atoms with Crippen molar-refractivity contribution in [3.05, 3.63) is 29.8 Å². The van der Waals surface area contributed by atoms with Gasteiger partial charge in [0.1, 0.15) is 0 Å². The largest absolute Gasteiger partial charge is 0.210 e. The molecular formula is C7H6N4S. The van der Waals surface area contributed by atoms with Crippen molar-refractivity contribution in [1.82, 2.24) is 0 Å². The highest BCUT2D eigenvalue weighted by Gasteiger charge is 2.11. The Balaban J connectivity index is 2.29. The van der Waals surface area contributed by atoms with E-state index < -0.39 is 0 Å². The van der Waals surface area contributed by atoms with E-state index in [9.17, 15) is 0 Å². The van der Waals surface area contributed by atoms with Crippen LogP contribution < -0.4 is 0 Å². The average Bonchev–Trinajstić information content (AvgIpc) is 2.58. The first-order valence-electron chi connectivity index (χ1n) is 3.45. The van der Waals surface area contributed by atoms with Gasteiger partial charge < -0.3 is 0 Å². The molecule has 0 aromatic heterocycles. The molecule has 12 heavy (non-hydrogen) atoms. The maximum Gasteiger partial charge on any atom is 0.210 e. The monoisotopic (exact) mass is 178 g/mol. The van der Waals surface area contributed by atoms with Gasteiger partial charge in [-0.05, 0) is 22.6 Å². The van der Waals surface area contributed by atoms with Gasteiger partial charge in [0.2, 0.25) is 6.17 Å². The van der Waals surface area contributed by atoms with Crippen LogP contribution >= 0.6 is 12.6 Å². The molecule has 2 rings (SSSR count). The van der Waals surface area contributed by atoms with Gasteiger partial charge in [-0.15, -0.1) is 22.9 Å². The molecule has 0 fully saturated rings. The van der Waals surface area contributed by atoms with Gasteiger partial charge in [0.05, 0.1) is 0 Å². The molecule has 5 heteroatoms. The lowest BCUT2D eigenvalue weighted by Crippen LogP contribution is -1.86. The van der Waals surface area contributed by atoms with Crippen LogP contribution in [0.25, 0.3) is 0 Å². The van der Waals surface area contributed by atoms with Crippen LogP contribution in [0.1, 0.15) is 11.7 Å². The lowest BCUT2D eigenvalue weighted by atomic mass is 10.2. The predicted octanol–water partition coefficient (Wildman–Crippen LogP) is 2.81. The van der Waals surface area contributed by atoms with Crippen LogP contribution in [0.5, 0.6) is 0 Å². The maximum atomic E-state index is 4.17. The summed E-state index contributed by atoms with van der Waals surface area (Å²) >= 11 is 4.17. The summed E-state index contributed by atoms with van der Waals surface area (Å²) in [6.45, 7) is 0. The summed E-state index contributed by atoms with van der Waals surface area (Å²) in [5, 5.41) is 14.5. The van der Waals surface area contributed by atoms with E-state index >= 15 is 0 Å². The van der Waals surface area contributed by atoms with Crippen LogP contribution in [-0.4, -0.2) is 0 Å². The van der Waals surface area contributed by atoms with Crippen LogP contribution in [0, 0.1) is 0 Å². The summed E-state index contributed by atoms with van der Waals surface area (Å²) in [6, 6.07) is 7.61. The first kappa shape index (κ1) is 7.42. The van der Waals surface area contributed by atoms with Crippen LogP contribution in [-0.2, 0) is 0 Å². The molecule has 0 atom stereocenters. The van der Waals surface area contributed by atoms with E-state index in [0.717, 1.165) is 10.5 Å². The second kappa shape index (κ2) is 3.02. The van der Waals surface area contributed by atoms with Gasteiger partial charge in [-0.2, -0.15) is 0 Å². The first-order chi connectivity index (χ1) is 5.86. The Morgan fingerprint density at radius 3 is 2.17 bits per heavy atom. The Morgan fingerprint density at radius 1 is 1.00 bits per heavy atom. The van der Waals surface area contributed by atoms with E-state index in [2.05, 4.69) is 33.3 Å². The fourth-order valence-corrected chi connectivity index (χ4v) is 1.10. The zero-order chi connectivity index (χ0) is 8.39. The Bertz CT molecular complexity index is 318. The second-order valence-electron chi connectivity index (χ2n) is 2.38. The minimum atomic E-state index is -0.251. The molecule has 0 amide bonds. The lowest BCUT2D eigenvalue weighted by Gasteiger charge is -2.00. The van der Waals surface area contributed by atoms with Crippen molar-refractivity contribution in [3.8, 4) is 0 Å². The van der Waals surface area contributed by atoms with Crippen LogP contribution in [0.15, 0.2) is 49.8 Å². The minimum Gasteiger partial charge on any atom is -0.143 e. The quantitative estimate of drug-likeness (QED) is 0.643. The fraction of sp³-hybridized carbons (Fsp3) is 0.143. The number of nitrogens with zero attached hydrogens (tertiary/aromatic N) is 4. The van der Waals surface area contributed by atoms with E-state index in [0.29, 0.717) is 0 Å². The van der Waals surface area contributed by atoms with Crippen LogP contribution in [0.2, 0.25) is 0 Å². The third kappa shape index (κ3) is 1.35. The second-order valence-corrected chi connectivity index (χ2v) is 2.89. The summed E-state index contributed by atoms with van der Waals surface area (Å²) in [7, 11) is 0. The SMILES string of the molecule is Sc1ccc(C2N=NN=N2)cc1. The van der Waals surface area contributed by atoms with E-state index in [1.54, 1.807) is 0 Å². The fourth-order valence-electron chi connectivity index (χ4n) is 0.947. The van der Waals surface area contributed by atoms with Crippen molar-refractivity contribution in [2.24, 2.45) is 20.7 Å². The van der Waals surface area contributed by atoms with Crippen molar-refractivity contribution < 1.29 is 0 Å². The van der Waals surface area contributed by atoms with Crippen molar-refractivity contribution in [3.63, 3.8) is 0 Å². The Morgan fingerprint density at radius 2 is 1.58 bits per heavy atom. The maximum absolute atomic E-state index is 4.17. The molecule has 1 heterocycles. The number of benzene rings is 1. The van der Waals surface area contributed by atoms with E-state index in [4.69, 9.17) is 0 Å². The molecule has 1 aromatic carbocycles.